The molecule has 20 heavy (non-hydrogen) atoms. The highest BCUT2D eigenvalue weighted by molar-refractivity contribution is 9.10. The second-order valence-corrected chi connectivity index (χ2v) is 5.26. The van der Waals surface area contributed by atoms with Crippen LogP contribution in [0.5, 0.6) is 0 Å². The van der Waals surface area contributed by atoms with Crippen LogP contribution in [0.3, 0.4) is 0 Å². The molecule has 108 valence electrons. The number of pyridine rings is 1. The second kappa shape index (κ2) is 6.32. The molecule has 0 aromatic carbocycles. The minimum absolute atomic E-state index is 0.119. The van der Waals surface area contributed by atoms with Crippen LogP contribution in [0.25, 0.3) is 11.0 Å². The number of anilines is 1. The highest BCUT2D eigenvalue weighted by Gasteiger charge is 2.12. The lowest BCUT2D eigenvalue weighted by Gasteiger charge is -2.12. The van der Waals surface area contributed by atoms with E-state index < -0.39 is 0 Å². The Hall–Kier alpha value is -1.47. The molecular formula is C13H17BrN4O2. The smallest absolute Gasteiger partial charge is 0.266 e. The van der Waals surface area contributed by atoms with Gasteiger partial charge in [-0.2, -0.15) is 4.98 Å². The molecule has 0 aliphatic heterocycles. The number of rotatable bonds is 5. The number of nitrogens with zero attached hydrogens (tertiary/aromatic N) is 3. The molecular weight excluding hydrogens is 324 g/mol. The number of nitrogens with two attached hydrogens (primary N) is 1. The van der Waals surface area contributed by atoms with E-state index in [9.17, 15) is 4.79 Å². The van der Waals surface area contributed by atoms with Crippen LogP contribution in [-0.4, -0.2) is 27.7 Å². The maximum Gasteiger partial charge on any atom is 0.266 e. The predicted molar refractivity (Wildman–Crippen MR) is 81.8 cm³/mol. The third-order valence-corrected chi connectivity index (χ3v) is 3.55. The quantitative estimate of drug-likeness (QED) is 0.840. The number of halogens is 1. The molecule has 2 N–H and O–H groups in total. The van der Waals surface area contributed by atoms with Crippen LogP contribution in [0.15, 0.2) is 15.3 Å². The van der Waals surface area contributed by atoms with Crippen molar-refractivity contribution in [3.63, 3.8) is 0 Å². The van der Waals surface area contributed by atoms with Gasteiger partial charge < -0.3 is 10.5 Å². The SMILES string of the molecule is CCOCCCn1c(=O)c(Br)cc2c(C)nc(N)nc21. The highest BCUT2D eigenvalue weighted by atomic mass is 79.9. The van der Waals surface area contributed by atoms with E-state index in [2.05, 4.69) is 25.9 Å². The molecule has 0 unspecified atom stereocenters. The zero-order chi connectivity index (χ0) is 14.7. The summed E-state index contributed by atoms with van der Waals surface area (Å²) in [5, 5.41) is 0.821. The molecule has 0 saturated heterocycles. The fourth-order valence-corrected chi connectivity index (χ4v) is 2.50. The van der Waals surface area contributed by atoms with Gasteiger partial charge in [0.25, 0.3) is 5.56 Å². The van der Waals surface area contributed by atoms with E-state index in [4.69, 9.17) is 10.5 Å². The second-order valence-electron chi connectivity index (χ2n) is 4.40. The Morgan fingerprint density at radius 2 is 2.20 bits per heavy atom. The predicted octanol–water partition coefficient (Wildman–Crippen LogP) is 1.87. The van der Waals surface area contributed by atoms with Crippen LogP contribution in [0.1, 0.15) is 19.0 Å². The zero-order valence-electron chi connectivity index (χ0n) is 11.5. The zero-order valence-corrected chi connectivity index (χ0v) is 13.1. The first-order chi connectivity index (χ1) is 9.54. The summed E-state index contributed by atoms with van der Waals surface area (Å²) in [6.45, 7) is 5.60. The fourth-order valence-electron chi connectivity index (χ4n) is 2.05. The highest BCUT2D eigenvalue weighted by Crippen LogP contribution is 2.18. The van der Waals surface area contributed by atoms with Gasteiger partial charge in [-0.05, 0) is 42.3 Å². The van der Waals surface area contributed by atoms with Crippen molar-refractivity contribution in [2.45, 2.75) is 26.8 Å². The summed E-state index contributed by atoms with van der Waals surface area (Å²) >= 11 is 3.29. The van der Waals surface area contributed by atoms with E-state index >= 15 is 0 Å². The van der Waals surface area contributed by atoms with Crippen LogP contribution < -0.4 is 11.3 Å². The molecule has 0 radical (unpaired) electrons. The molecule has 2 rings (SSSR count). The van der Waals surface area contributed by atoms with Crippen LogP contribution in [-0.2, 0) is 11.3 Å². The van der Waals surface area contributed by atoms with E-state index in [-0.39, 0.29) is 11.5 Å². The third kappa shape index (κ3) is 2.99. The topological polar surface area (TPSA) is 83.0 Å². The molecule has 0 atom stereocenters. The van der Waals surface area contributed by atoms with Crippen molar-refractivity contribution in [1.82, 2.24) is 14.5 Å². The Bertz CT molecular complexity index is 684. The minimum Gasteiger partial charge on any atom is -0.382 e. The number of fused-ring (bicyclic) bond motifs is 1. The molecule has 2 heterocycles. The summed E-state index contributed by atoms with van der Waals surface area (Å²) < 4.78 is 7.41. The van der Waals surface area contributed by atoms with E-state index in [1.807, 2.05) is 13.8 Å². The Kier molecular flexibility index (Phi) is 4.72. The Morgan fingerprint density at radius 1 is 1.45 bits per heavy atom. The molecule has 0 fully saturated rings. The van der Waals surface area contributed by atoms with Crippen molar-refractivity contribution in [3.8, 4) is 0 Å². The standard InChI is InChI=1S/C13H17BrN4O2/c1-3-20-6-4-5-18-11-9(7-10(14)12(18)19)8(2)16-13(15)17-11/h7H,3-6H2,1-2H3,(H2,15,16,17). The van der Waals surface area contributed by atoms with Gasteiger partial charge >= 0.3 is 0 Å². The number of hydrogen-bond acceptors (Lipinski definition) is 5. The molecule has 0 aliphatic rings. The van der Waals surface area contributed by atoms with Crippen molar-refractivity contribution < 1.29 is 4.74 Å². The maximum atomic E-state index is 12.2. The number of nitrogen functional groups attached to an aromatic ring is 1. The van der Waals surface area contributed by atoms with E-state index in [1.54, 1.807) is 10.6 Å². The number of aromatic nitrogens is 3. The molecule has 0 spiro atoms. The van der Waals surface area contributed by atoms with Crippen LogP contribution in [0.4, 0.5) is 5.95 Å². The van der Waals surface area contributed by atoms with Crippen molar-refractivity contribution in [1.29, 1.82) is 0 Å². The van der Waals surface area contributed by atoms with Gasteiger partial charge in [-0.3, -0.25) is 9.36 Å². The molecule has 0 bridgehead atoms. The molecule has 0 amide bonds. The number of aryl methyl sites for hydroxylation is 2. The minimum atomic E-state index is -0.119. The van der Waals surface area contributed by atoms with Gasteiger partial charge in [0, 0.05) is 25.1 Å². The van der Waals surface area contributed by atoms with Gasteiger partial charge in [-0.1, -0.05) is 0 Å². The Morgan fingerprint density at radius 3 is 2.90 bits per heavy atom. The maximum absolute atomic E-state index is 12.2. The lowest BCUT2D eigenvalue weighted by molar-refractivity contribution is 0.141. The van der Waals surface area contributed by atoms with Gasteiger partial charge in [0.05, 0.1) is 10.2 Å². The number of ether oxygens (including phenoxy) is 1. The Balaban J connectivity index is 2.50. The van der Waals surface area contributed by atoms with Crippen molar-refractivity contribution in [2.24, 2.45) is 0 Å². The van der Waals surface area contributed by atoms with Crippen molar-refractivity contribution >= 4 is 32.9 Å². The summed E-state index contributed by atoms with van der Waals surface area (Å²) in [7, 11) is 0. The largest absolute Gasteiger partial charge is 0.382 e. The van der Waals surface area contributed by atoms with Gasteiger partial charge in [0.2, 0.25) is 5.95 Å². The Labute approximate surface area is 125 Å². The normalized spacial score (nSPS) is 11.2. The first kappa shape index (κ1) is 14.9. The molecule has 6 nitrogen and oxygen atoms in total. The summed E-state index contributed by atoms with van der Waals surface area (Å²) in [6.07, 6.45) is 0.738. The van der Waals surface area contributed by atoms with Crippen LogP contribution in [0, 0.1) is 6.92 Å². The first-order valence-electron chi connectivity index (χ1n) is 6.45. The van der Waals surface area contributed by atoms with Gasteiger partial charge in [-0.15, -0.1) is 0 Å². The van der Waals surface area contributed by atoms with E-state index in [0.717, 1.165) is 17.5 Å². The summed E-state index contributed by atoms with van der Waals surface area (Å²) in [5.41, 5.74) is 6.89. The van der Waals surface area contributed by atoms with E-state index in [1.165, 1.54) is 0 Å². The average Bonchev–Trinajstić information content (AvgIpc) is 2.40. The molecule has 2 aromatic heterocycles. The lowest BCUT2D eigenvalue weighted by atomic mass is 10.2. The molecule has 0 aliphatic carbocycles. The van der Waals surface area contributed by atoms with Gasteiger partial charge in [0.1, 0.15) is 5.65 Å². The van der Waals surface area contributed by atoms with Gasteiger partial charge in [-0.25, -0.2) is 4.98 Å². The van der Waals surface area contributed by atoms with Gasteiger partial charge in [0.15, 0.2) is 0 Å². The lowest BCUT2D eigenvalue weighted by Crippen LogP contribution is -2.23. The average molecular weight is 341 g/mol. The first-order valence-corrected chi connectivity index (χ1v) is 7.24. The molecule has 7 heteroatoms. The van der Waals surface area contributed by atoms with Crippen LogP contribution in [0.2, 0.25) is 0 Å². The van der Waals surface area contributed by atoms with Crippen molar-refractivity contribution in [3.05, 3.63) is 26.6 Å². The molecule has 2 aromatic rings. The number of hydrogen-bond donors (Lipinski definition) is 1. The summed E-state index contributed by atoms with van der Waals surface area (Å²) in [6, 6.07) is 1.74. The fraction of sp³-hybridized carbons (Fsp3) is 0.462. The summed E-state index contributed by atoms with van der Waals surface area (Å²) in [4.78, 5) is 20.6. The summed E-state index contributed by atoms with van der Waals surface area (Å²) in [5.74, 6) is 0.176. The van der Waals surface area contributed by atoms with Crippen molar-refractivity contribution in [2.75, 3.05) is 18.9 Å². The third-order valence-electron chi connectivity index (χ3n) is 2.98. The molecule has 0 saturated carbocycles. The monoisotopic (exact) mass is 340 g/mol. The van der Waals surface area contributed by atoms with E-state index in [0.29, 0.717) is 29.9 Å². The van der Waals surface area contributed by atoms with Crippen LogP contribution >= 0.6 is 15.9 Å².